The third-order valence-electron chi connectivity index (χ3n) is 3.40. The van der Waals surface area contributed by atoms with Gasteiger partial charge in [0.25, 0.3) is 10.0 Å². The number of aromatic nitrogens is 2. The molecule has 0 aliphatic carbocycles. The molecule has 0 fully saturated rings. The summed E-state index contributed by atoms with van der Waals surface area (Å²) in [6, 6.07) is 12.0. The Morgan fingerprint density at radius 1 is 0.923 bits per heavy atom. The summed E-state index contributed by atoms with van der Waals surface area (Å²) in [6.45, 7) is 0.440. The lowest BCUT2D eigenvalue weighted by molar-refractivity contribution is 0.600. The highest BCUT2D eigenvalue weighted by Crippen LogP contribution is 2.33. The van der Waals surface area contributed by atoms with Crippen molar-refractivity contribution in [3.8, 4) is 0 Å². The molecule has 1 heterocycles. The Morgan fingerprint density at radius 2 is 1.58 bits per heavy atom. The average molecular weight is 451 g/mol. The van der Waals surface area contributed by atoms with Crippen molar-refractivity contribution in [1.29, 1.82) is 0 Å². The van der Waals surface area contributed by atoms with Crippen molar-refractivity contribution in [2.75, 3.05) is 4.72 Å². The first-order valence-electron chi connectivity index (χ1n) is 7.20. The molecule has 3 rings (SSSR count). The molecule has 0 radical (unpaired) electrons. The lowest BCUT2D eigenvalue weighted by atomic mass is 10.2. The summed E-state index contributed by atoms with van der Waals surface area (Å²) in [5.74, 6) is -0.00950. The van der Waals surface area contributed by atoms with Crippen molar-refractivity contribution < 1.29 is 8.42 Å². The Balaban J connectivity index is 1.88. The number of rotatable bonds is 5. The van der Waals surface area contributed by atoms with E-state index in [0.29, 0.717) is 6.54 Å². The van der Waals surface area contributed by atoms with Gasteiger partial charge < -0.3 is 0 Å². The third kappa shape index (κ3) is 4.27. The summed E-state index contributed by atoms with van der Waals surface area (Å²) in [5.41, 5.74) is 0.994. The predicted octanol–water partition coefficient (Wildman–Crippen LogP) is 5.35. The molecule has 0 saturated heterocycles. The van der Waals surface area contributed by atoms with Crippen LogP contribution in [-0.2, 0) is 16.6 Å². The lowest BCUT2D eigenvalue weighted by Crippen LogP contribution is -2.14. The first-order chi connectivity index (χ1) is 12.3. The molecule has 0 aliphatic heterocycles. The number of halogens is 4. The van der Waals surface area contributed by atoms with E-state index in [0.717, 1.165) is 5.56 Å². The summed E-state index contributed by atoms with van der Waals surface area (Å²) in [5, 5.41) is 4.49. The molecule has 0 aliphatic rings. The van der Waals surface area contributed by atoms with Crippen molar-refractivity contribution in [2.24, 2.45) is 0 Å². The van der Waals surface area contributed by atoms with Crippen molar-refractivity contribution in [3.63, 3.8) is 0 Å². The number of hydrogen-bond acceptors (Lipinski definition) is 3. The monoisotopic (exact) mass is 449 g/mol. The van der Waals surface area contributed by atoms with Crippen LogP contribution in [0.4, 0.5) is 5.82 Å². The highest BCUT2D eigenvalue weighted by molar-refractivity contribution is 7.92. The van der Waals surface area contributed by atoms with Crippen LogP contribution in [0.5, 0.6) is 0 Å². The Hall–Kier alpha value is -1.44. The first kappa shape index (κ1) is 19.3. The van der Waals surface area contributed by atoms with Gasteiger partial charge in [0.1, 0.15) is 9.92 Å². The molecule has 0 spiro atoms. The van der Waals surface area contributed by atoms with Crippen LogP contribution < -0.4 is 4.72 Å². The van der Waals surface area contributed by atoms with E-state index in [9.17, 15) is 8.42 Å². The fraction of sp³-hybridized carbons (Fsp3) is 0.0625. The van der Waals surface area contributed by atoms with Gasteiger partial charge in [-0.2, -0.15) is 5.10 Å². The van der Waals surface area contributed by atoms with Crippen molar-refractivity contribution in [1.82, 2.24) is 9.78 Å². The zero-order valence-electron chi connectivity index (χ0n) is 13.0. The van der Waals surface area contributed by atoms with Gasteiger partial charge in [0, 0.05) is 6.20 Å². The van der Waals surface area contributed by atoms with Gasteiger partial charge in [-0.05, 0) is 17.7 Å². The topological polar surface area (TPSA) is 64.0 Å². The minimum absolute atomic E-state index is 0.00950. The first-order valence-corrected chi connectivity index (χ1v) is 10.2. The maximum Gasteiger partial charge on any atom is 0.264 e. The highest BCUT2D eigenvalue weighted by Gasteiger charge is 2.22. The number of nitrogens with one attached hydrogen (secondary N) is 1. The van der Waals surface area contributed by atoms with Crippen LogP contribution in [0.15, 0.2) is 53.6 Å². The molecule has 0 bridgehead atoms. The third-order valence-corrected chi connectivity index (χ3v) is 6.20. The molecule has 0 unspecified atom stereocenters. The predicted molar refractivity (Wildman–Crippen MR) is 105 cm³/mol. The summed E-state index contributed by atoms with van der Waals surface area (Å²) >= 11 is 23.8. The normalized spacial score (nSPS) is 11.5. The lowest BCUT2D eigenvalue weighted by Gasteiger charge is -2.09. The SMILES string of the molecule is O=S(=O)(Nc1nn(Cc2ccccc2)cc1Cl)c1cc(Cl)c(Cl)cc1Cl. The van der Waals surface area contributed by atoms with Gasteiger partial charge in [-0.1, -0.05) is 76.7 Å². The van der Waals surface area contributed by atoms with E-state index >= 15 is 0 Å². The molecule has 1 aromatic heterocycles. The van der Waals surface area contributed by atoms with Crippen LogP contribution in [0.3, 0.4) is 0 Å². The summed E-state index contributed by atoms with van der Waals surface area (Å²) in [4.78, 5) is -0.220. The molecule has 0 amide bonds. The van der Waals surface area contributed by atoms with Gasteiger partial charge in [0.15, 0.2) is 5.82 Å². The van der Waals surface area contributed by atoms with Crippen LogP contribution in [0, 0.1) is 0 Å². The van der Waals surface area contributed by atoms with E-state index in [2.05, 4.69) is 9.82 Å². The van der Waals surface area contributed by atoms with Gasteiger partial charge in [-0.25, -0.2) is 8.42 Å². The summed E-state index contributed by atoms with van der Waals surface area (Å²) in [6.07, 6.45) is 1.53. The Bertz CT molecular complexity index is 1050. The van der Waals surface area contributed by atoms with Crippen LogP contribution >= 0.6 is 46.4 Å². The Labute approximate surface area is 170 Å². The largest absolute Gasteiger partial charge is 0.265 e. The quantitative estimate of drug-likeness (QED) is 0.533. The van der Waals surface area contributed by atoms with E-state index in [1.165, 1.54) is 23.0 Å². The van der Waals surface area contributed by atoms with Gasteiger partial charge in [-0.15, -0.1) is 0 Å². The van der Waals surface area contributed by atoms with Crippen molar-refractivity contribution >= 4 is 62.2 Å². The van der Waals surface area contributed by atoms with E-state index in [1.54, 1.807) is 0 Å². The molecule has 26 heavy (non-hydrogen) atoms. The number of sulfonamides is 1. The number of nitrogens with zero attached hydrogens (tertiary/aromatic N) is 2. The standard InChI is InChI=1S/C16H11Cl4N3O2S/c17-11-6-13(19)15(7-12(11)18)26(24,25)22-16-14(20)9-23(21-16)8-10-4-2-1-3-5-10/h1-7,9H,8H2,(H,21,22). The smallest absolute Gasteiger partial charge is 0.264 e. The van der Waals surface area contributed by atoms with Crippen molar-refractivity contribution in [2.45, 2.75) is 11.4 Å². The second-order valence-corrected chi connectivity index (χ2v) is 8.59. The number of hydrogen-bond donors (Lipinski definition) is 1. The number of anilines is 1. The minimum atomic E-state index is -4.05. The Kier molecular flexibility index (Phi) is 5.69. The van der Waals surface area contributed by atoms with Crippen LogP contribution in [0.25, 0.3) is 0 Å². The molecule has 0 atom stereocenters. The molecule has 10 heteroatoms. The highest BCUT2D eigenvalue weighted by atomic mass is 35.5. The van der Waals surface area contributed by atoms with Crippen LogP contribution in [-0.4, -0.2) is 18.2 Å². The summed E-state index contributed by atoms with van der Waals surface area (Å²) < 4.78 is 29.1. The molecule has 136 valence electrons. The van der Waals surface area contributed by atoms with E-state index in [-0.39, 0.29) is 30.8 Å². The molecule has 5 nitrogen and oxygen atoms in total. The summed E-state index contributed by atoms with van der Waals surface area (Å²) in [7, 11) is -4.05. The maximum absolute atomic E-state index is 12.6. The fourth-order valence-corrected chi connectivity index (χ4v) is 4.48. The second kappa shape index (κ2) is 7.66. The van der Waals surface area contributed by atoms with Gasteiger partial charge in [-0.3, -0.25) is 9.40 Å². The van der Waals surface area contributed by atoms with Crippen LogP contribution in [0.1, 0.15) is 5.56 Å². The van der Waals surface area contributed by atoms with E-state index in [4.69, 9.17) is 46.4 Å². The zero-order chi connectivity index (χ0) is 18.9. The maximum atomic E-state index is 12.6. The number of benzene rings is 2. The Morgan fingerprint density at radius 3 is 2.27 bits per heavy atom. The van der Waals surface area contributed by atoms with Crippen molar-refractivity contribution in [3.05, 3.63) is 74.3 Å². The van der Waals surface area contributed by atoms with Gasteiger partial charge >= 0.3 is 0 Å². The average Bonchev–Trinajstić information content (AvgIpc) is 2.90. The molecule has 1 N–H and O–H groups in total. The molecule has 0 saturated carbocycles. The minimum Gasteiger partial charge on any atom is -0.265 e. The van der Waals surface area contributed by atoms with Crippen LogP contribution in [0.2, 0.25) is 20.1 Å². The molecule has 2 aromatic carbocycles. The van der Waals surface area contributed by atoms with E-state index < -0.39 is 10.0 Å². The molecular formula is C16H11Cl4N3O2S. The van der Waals surface area contributed by atoms with Gasteiger partial charge in [0.05, 0.1) is 21.6 Å². The van der Waals surface area contributed by atoms with Gasteiger partial charge in [0.2, 0.25) is 0 Å². The molecule has 3 aromatic rings. The fourth-order valence-electron chi connectivity index (χ4n) is 2.21. The second-order valence-electron chi connectivity index (χ2n) is 5.31. The van der Waals surface area contributed by atoms with E-state index in [1.807, 2.05) is 30.3 Å². The molecular weight excluding hydrogens is 440 g/mol. The zero-order valence-corrected chi connectivity index (χ0v) is 16.8.